The lowest BCUT2D eigenvalue weighted by Gasteiger charge is -2.18. The second-order valence-corrected chi connectivity index (χ2v) is 7.00. The van der Waals surface area contributed by atoms with Crippen molar-refractivity contribution in [1.29, 1.82) is 0 Å². The molecule has 2 aromatic carbocycles. The Labute approximate surface area is 145 Å². The second-order valence-electron chi connectivity index (χ2n) is 5.12. The van der Waals surface area contributed by atoms with Gasteiger partial charge >= 0.3 is 10.3 Å². The van der Waals surface area contributed by atoms with Gasteiger partial charge in [0.1, 0.15) is 6.10 Å². The van der Waals surface area contributed by atoms with Crippen molar-refractivity contribution in [2.75, 3.05) is 7.11 Å². The lowest BCUT2D eigenvalue weighted by molar-refractivity contribution is -0.0704. The van der Waals surface area contributed by atoms with Crippen molar-refractivity contribution in [2.24, 2.45) is 0 Å². The van der Waals surface area contributed by atoms with E-state index in [4.69, 9.17) is 21.1 Å². The van der Waals surface area contributed by atoms with Crippen molar-refractivity contribution in [3.8, 4) is 0 Å². The van der Waals surface area contributed by atoms with Gasteiger partial charge in [0.05, 0.1) is 7.11 Å². The molecule has 1 fully saturated rings. The van der Waals surface area contributed by atoms with E-state index >= 15 is 0 Å². The molecule has 8 heteroatoms. The van der Waals surface area contributed by atoms with Gasteiger partial charge in [-0.1, -0.05) is 60.1 Å². The van der Waals surface area contributed by atoms with Gasteiger partial charge < -0.3 is 9.47 Å². The Morgan fingerprint density at radius 1 is 1.04 bits per heavy atom. The molecule has 0 saturated carbocycles. The minimum absolute atomic E-state index is 0.460. The van der Waals surface area contributed by atoms with Gasteiger partial charge in [-0.2, -0.15) is 13.1 Å². The number of ether oxygens (including phenoxy) is 2. The summed E-state index contributed by atoms with van der Waals surface area (Å²) in [6.45, 7) is 0. The van der Waals surface area contributed by atoms with Gasteiger partial charge in [-0.15, -0.1) is 0 Å². The number of nitrogens with one attached hydrogen (secondary N) is 1. The van der Waals surface area contributed by atoms with Crippen LogP contribution >= 0.6 is 11.6 Å². The molecule has 0 aromatic heterocycles. The van der Waals surface area contributed by atoms with Crippen LogP contribution < -0.4 is 4.72 Å². The molecule has 0 amide bonds. The fraction of sp³-hybridized carbons (Fsp3) is 0.250. The highest BCUT2D eigenvalue weighted by atomic mass is 35.5. The zero-order chi connectivity index (χ0) is 17.2. The monoisotopic (exact) mass is 369 g/mol. The molecular weight excluding hydrogens is 354 g/mol. The van der Waals surface area contributed by atoms with E-state index in [-0.39, 0.29) is 0 Å². The standard InChI is InChI=1S/C16H16ClNO5S/c1-21-24(19,20)18-15-14(12-9-5-6-10-13(12)17)22-16(23-15)11-7-3-2-4-8-11/h2-10,14-16,18H,1H3/t14-,15-,16?/m1/s1. The maximum Gasteiger partial charge on any atom is 0.337 e. The van der Waals surface area contributed by atoms with Crippen LogP contribution in [0.4, 0.5) is 0 Å². The zero-order valence-corrected chi connectivity index (χ0v) is 14.3. The van der Waals surface area contributed by atoms with E-state index in [1.807, 2.05) is 30.3 Å². The van der Waals surface area contributed by atoms with E-state index in [1.54, 1.807) is 24.3 Å². The summed E-state index contributed by atoms with van der Waals surface area (Å²) in [5.41, 5.74) is 1.40. The molecule has 24 heavy (non-hydrogen) atoms. The predicted octanol–water partition coefficient (Wildman–Crippen LogP) is 2.93. The second kappa shape index (κ2) is 7.18. The quantitative estimate of drug-likeness (QED) is 0.877. The van der Waals surface area contributed by atoms with E-state index in [1.165, 1.54) is 0 Å². The molecule has 1 heterocycles. The molecule has 0 spiro atoms. The summed E-state index contributed by atoms with van der Waals surface area (Å²) in [5, 5.41) is 0.460. The van der Waals surface area contributed by atoms with Gasteiger partial charge in [-0.05, 0) is 6.07 Å². The average Bonchev–Trinajstić information content (AvgIpc) is 2.99. The fourth-order valence-corrected chi connectivity index (χ4v) is 3.23. The van der Waals surface area contributed by atoms with Gasteiger partial charge in [0, 0.05) is 16.1 Å². The third-order valence-electron chi connectivity index (χ3n) is 3.58. The van der Waals surface area contributed by atoms with Crippen molar-refractivity contribution in [3.63, 3.8) is 0 Å². The van der Waals surface area contributed by atoms with Crippen LogP contribution in [-0.2, 0) is 24.0 Å². The highest BCUT2D eigenvalue weighted by Crippen LogP contribution is 2.41. The minimum Gasteiger partial charge on any atom is -0.336 e. The Hall–Kier alpha value is -1.48. The third-order valence-corrected chi connectivity index (χ3v) is 4.88. The van der Waals surface area contributed by atoms with E-state index in [0.717, 1.165) is 12.7 Å². The van der Waals surface area contributed by atoms with Crippen LogP contribution in [0.25, 0.3) is 0 Å². The number of benzene rings is 2. The first-order chi connectivity index (χ1) is 11.5. The van der Waals surface area contributed by atoms with E-state index in [9.17, 15) is 8.42 Å². The van der Waals surface area contributed by atoms with Gasteiger partial charge in [-0.3, -0.25) is 4.18 Å². The predicted molar refractivity (Wildman–Crippen MR) is 88.4 cm³/mol. The summed E-state index contributed by atoms with van der Waals surface area (Å²) in [4.78, 5) is 0. The Morgan fingerprint density at radius 3 is 2.38 bits per heavy atom. The summed E-state index contributed by atoms with van der Waals surface area (Å²) in [6.07, 6.45) is -2.41. The average molecular weight is 370 g/mol. The number of rotatable bonds is 5. The van der Waals surface area contributed by atoms with Gasteiger partial charge in [0.15, 0.2) is 12.5 Å². The Balaban J connectivity index is 1.92. The lowest BCUT2D eigenvalue weighted by Crippen LogP contribution is -2.38. The molecule has 2 aromatic rings. The summed E-state index contributed by atoms with van der Waals surface area (Å²) in [5.74, 6) is 0. The molecule has 1 saturated heterocycles. The van der Waals surface area contributed by atoms with E-state index in [2.05, 4.69) is 8.91 Å². The van der Waals surface area contributed by atoms with Crippen molar-refractivity contribution in [3.05, 3.63) is 70.7 Å². The molecule has 1 aliphatic rings. The van der Waals surface area contributed by atoms with Crippen molar-refractivity contribution < 1.29 is 22.1 Å². The molecule has 128 valence electrons. The van der Waals surface area contributed by atoms with Crippen molar-refractivity contribution >= 4 is 21.9 Å². The molecule has 0 radical (unpaired) electrons. The summed E-state index contributed by atoms with van der Waals surface area (Å²) >= 11 is 6.22. The largest absolute Gasteiger partial charge is 0.337 e. The topological polar surface area (TPSA) is 73.9 Å². The fourth-order valence-electron chi connectivity index (χ4n) is 2.43. The van der Waals surface area contributed by atoms with Crippen LogP contribution in [0, 0.1) is 0 Å². The van der Waals surface area contributed by atoms with Crippen LogP contribution in [0.3, 0.4) is 0 Å². The van der Waals surface area contributed by atoms with Crippen molar-refractivity contribution in [2.45, 2.75) is 18.6 Å². The molecule has 1 aliphatic heterocycles. The first-order valence-corrected chi connectivity index (χ1v) is 8.97. The summed E-state index contributed by atoms with van der Waals surface area (Å²) in [6, 6.07) is 16.3. The number of hydrogen-bond donors (Lipinski definition) is 1. The first-order valence-electron chi connectivity index (χ1n) is 7.18. The minimum atomic E-state index is -3.96. The molecular formula is C16H16ClNO5S. The highest BCUT2D eigenvalue weighted by molar-refractivity contribution is 7.84. The van der Waals surface area contributed by atoms with Crippen LogP contribution in [0.15, 0.2) is 54.6 Å². The Morgan fingerprint density at radius 2 is 1.71 bits per heavy atom. The third kappa shape index (κ3) is 3.77. The maximum atomic E-state index is 11.8. The zero-order valence-electron chi connectivity index (χ0n) is 12.8. The smallest absolute Gasteiger partial charge is 0.336 e. The SMILES string of the molecule is COS(=O)(=O)N[C@@H]1OC(c2ccccc2)O[C@@H]1c1ccccc1Cl. The van der Waals surface area contributed by atoms with Crippen LogP contribution in [0.5, 0.6) is 0 Å². The maximum absolute atomic E-state index is 11.8. The molecule has 3 rings (SSSR count). The lowest BCUT2D eigenvalue weighted by atomic mass is 10.1. The molecule has 0 aliphatic carbocycles. The van der Waals surface area contributed by atoms with E-state index < -0.39 is 28.9 Å². The summed E-state index contributed by atoms with van der Waals surface area (Å²) in [7, 11) is -2.89. The van der Waals surface area contributed by atoms with Gasteiger partial charge in [0.25, 0.3) is 0 Å². The normalized spacial score (nSPS) is 24.2. The number of hydrogen-bond acceptors (Lipinski definition) is 5. The Bertz CT molecular complexity index is 799. The molecule has 1 unspecified atom stereocenters. The van der Waals surface area contributed by atoms with Crippen LogP contribution in [0.2, 0.25) is 5.02 Å². The van der Waals surface area contributed by atoms with Crippen LogP contribution in [0.1, 0.15) is 23.5 Å². The Kier molecular flexibility index (Phi) is 5.19. The first kappa shape index (κ1) is 17.3. The van der Waals surface area contributed by atoms with Crippen molar-refractivity contribution in [1.82, 2.24) is 4.72 Å². The highest BCUT2D eigenvalue weighted by Gasteiger charge is 2.41. The molecule has 0 bridgehead atoms. The number of halogens is 1. The molecule has 3 atom stereocenters. The van der Waals surface area contributed by atoms with Gasteiger partial charge in [-0.25, -0.2) is 0 Å². The van der Waals surface area contributed by atoms with E-state index in [0.29, 0.717) is 10.6 Å². The van der Waals surface area contributed by atoms with Gasteiger partial charge in [0.2, 0.25) is 0 Å². The molecule has 1 N–H and O–H groups in total. The van der Waals surface area contributed by atoms with Crippen LogP contribution in [-0.4, -0.2) is 21.8 Å². The molecule has 6 nitrogen and oxygen atoms in total. The summed E-state index contributed by atoms with van der Waals surface area (Å²) < 4.78 is 42.0.